The first-order valence-electron chi connectivity index (χ1n) is 9.64. The summed E-state index contributed by atoms with van der Waals surface area (Å²) in [5.74, 6) is -0.235. The average Bonchev–Trinajstić information content (AvgIpc) is 3.05. The molecule has 4 rings (SSSR count). The summed E-state index contributed by atoms with van der Waals surface area (Å²) >= 11 is 0. The number of carbonyl (C=O) groups is 1. The zero-order valence-electron chi connectivity index (χ0n) is 16.4. The predicted molar refractivity (Wildman–Crippen MR) is 108 cm³/mol. The molecule has 2 heterocycles. The van der Waals surface area contributed by atoms with Gasteiger partial charge in [0.2, 0.25) is 0 Å². The molecule has 1 aliphatic carbocycles. The highest BCUT2D eigenvalue weighted by Gasteiger charge is 2.31. The molecule has 2 aromatic heterocycles. The molecular weight excluding hydrogens is 370 g/mol. The van der Waals surface area contributed by atoms with Crippen LogP contribution in [0.1, 0.15) is 51.8 Å². The molecule has 1 atom stereocenters. The van der Waals surface area contributed by atoms with Crippen LogP contribution in [0.2, 0.25) is 0 Å². The van der Waals surface area contributed by atoms with Gasteiger partial charge in [-0.3, -0.25) is 19.3 Å². The van der Waals surface area contributed by atoms with Gasteiger partial charge in [0.15, 0.2) is 5.69 Å². The summed E-state index contributed by atoms with van der Waals surface area (Å²) in [5, 5.41) is 4.34. The van der Waals surface area contributed by atoms with E-state index in [4.69, 9.17) is 0 Å². The Balaban J connectivity index is 1.78. The standard InChI is InChI=1S/C21H23N5O3/c1-13-10-17(24-25(13)2)20(28)26(12-15-11-22-21(29)23-19(15)27)18-9-5-7-14-6-3-4-8-16(14)18/h3-4,6,8,10-11,18H,5,7,9,12H2,1-2H3,(H2,22,23,27,29)/t18-/m0/s1. The lowest BCUT2D eigenvalue weighted by Crippen LogP contribution is -2.39. The van der Waals surface area contributed by atoms with Crippen LogP contribution in [-0.2, 0) is 20.0 Å². The lowest BCUT2D eigenvalue weighted by molar-refractivity contribution is 0.0630. The Morgan fingerprint density at radius 2 is 2.10 bits per heavy atom. The molecule has 8 nitrogen and oxygen atoms in total. The van der Waals surface area contributed by atoms with Crippen molar-refractivity contribution in [3.8, 4) is 0 Å². The number of rotatable bonds is 4. The third-order valence-corrected chi connectivity index (χ3v) is 5.54. The summed E-state index contributed by atoms with van der Waals surface area (Å²) in [6, 6.07) is 9.68. The van der Waals surface area contributed by atoms with Gasteiger partial charge >= 0.3 is 5.69 Å². The van der Waals surface area contributed by atoms with Crippen molar-refractivity contribution in [3.63, 3.8) is 0 Å². The maximum absolute atomic E-state index is 13.5. The highest BCUT2D eigenvalue weighted by Crippen LogP contribution is 2.35. The van der Waals surface area contributed by atoms with Gasteiger partial charge in [-0.2, -0.15) is 5.10 Å². The molecule has 0 bridgehead atoms. The zero-order valence-corrected chi connectivity index (χ0v) is 16.4. The van der Waals surface area contributed by atoms with Gasteiger partial charge in [0, 0.05) is 18.9 Å². The Morgan fingerprint density at radius 1 is 1.31 bits per heavy atom. The SMILES string of the molecule is Cc1cc(C(=O)N(Cc2c[nH]c(=O)[nH]c2=O)[C@H]2CCCc3ccccc32)nn1C. The van der Waals surface area contributed by atoms with Gasteiger partial charge in [-0.15, -0.1) is 0 Å². The molecule has 0 saturated heterocycles. The lowest BCUT2D eigenvalue weighted by atomic mass is 9.86. The molecule has 1 amide bonds. The van der Waals surface area contributed by atoms with E-state index in [1.165, 1.54) is 11.8 Å². The summed E-state index contributed by atoms with van der Waals surface area (Å²) in [6.07, 6.45) is 4.10. The van der Waals surface area contributed by atoms with Gasteiger partial charge in [0.05, 0.1) is 18.2 Å². The second-order valence-corrected chi connectivity index (χ2v) is 7.43. The quantitative estimate of drug-likeness (QED) is 0.706. The van der Waals surface area contributed by atoms with E-state index < -0.39 is 11.2 Å². The summed E-state index contributed by atoms with van der Waals surface area (Å²) in [4.78, 5) is 43.6. The number of carbonyl (C=O) groups excluding carboxylic acids is 1. The van der Waals surface area contributed by atoms with E-state index in [1.54, 1.807) is 22.7 Å². The molecule has 0 saturated carbocycles. The van der Waals surface area contributed by atoms with E-state index in [0.29, 0.717) is 11.3 Å². The van der Waals surface area contributed by atoms with Gasteiger partial charge in [-0.25, -0.2) is 4.79 Å². The second kappa shape index (κ2) is 7.54. The predicted octanol–water partition coefficient (Wildman–Crippen LogP) is 1.83. The zero-order chi connectivity index (χ0) is 20.5. The van der Waals surface area contributed by atoms with E-state index in [1.807, 2.05) is 25.1 Å². The molecule has 2 N–H and O–H groups in total. The maximum atomic E-state index is 13.5. The molecule has 0 unspecified atom stereocenters. The van der Waals surface area contributed by atoms with E-state index in [0.717, 1.165) is 30.5 Å². The number of aromatic nitrogens is 4. The number of nitrogens with zero attached hydrogens (tertiary/aromatic N) is 3. The normalized spacial score (nSPS) is 15.7. The van der Waals surface area contributed by atoms with Gasteiger partial charge in [0.1, 0.15) is 0 Å². The minimum absolute atomic E-state index is 0.0829. The number of H-pyrrole nitrogens is 2. The Bertz CT molecular complexity index is 1150. The maximum Gasteiger partial charge on any atom is 0.325 e. The van der Waals surface area contributed by atoms with E-state index >= 15 is 0 Å². The molecule has 0 aliphatic heterocycles. The van der Waals surface area contributed by atoms with Crippen LogP contribution in [0.15, 0.2) is 46.1 Å². The Kier molecular flexibility index (Phi) is 4.92. The molecule has 29 heavy (non-hydrogen) atoms. The minimum Gasteiger partial charge on any atom is -0.326 e. The van der Waals surface area contributed by atoms with Gasteiger partial charge in [-0.05, 0) is 43.4 Å². The van der Waals surface area contributed by atoms with Gasteiger partial charge in [0.25, 0.3) is 11.5 Å². The molecule has 0 fully saturated rings. The number of aryl methyl sites for hydroxylation is 3. The van der Waals surface area contributed by atoms with E-state index in [-0.39, 0.29) is 18.5 Å². The molecule has 1 aromatic carbocycles. The third-order valence-electron chi connectivity index (χ3n) is 5.54. The summed E-state index contributed by atoms with van der Waals surface area (Å²) < 4.78 is 1.66. The number of fused-ring (bicyclic) bond motifs is 1. The van der Waals surface area contributed by atoms with Crippen LogP contribution in [0.5, 0.6) is 0 Å². The molecule has 0 radical (unpaired) electrons. The molecular formula is C21H23N5O3. The van der Waals surface area contributed by atoms with Crippen molar-refractivity contribution >= 4 is 5.91 Å². The van der Waals surface area contributed by atoms with Crippen LogP contribution in [0, 0.1) is 6.92 Å². The van der Waals surface area contributed by atoms with Crippen molar-refractivity contribution in [1.29, 1.82) is 0 Å². The van der Waals surface area contributed by atoms with Crippen LogP contribution >= 0.6 is 0 Å². The monoisotopic (exact) mass is 393 g/mol. The van der Waals surface area contributed by atoms with Crippen LogP contribution < -0.4 is 11.2 Å². The number of aromatic amines is 2. The van der Waals surface area contributed by atoms with E-state index in [9.17, 15) is 14.4 Å². The average molecular weight is 393 g/mol. The number of hydrogen-bond donors (Lipinski definition) is 2. The fraction of sp³-hybridized carbons (Fsp3) is 0.333. The van der Waals surface area contributed by atoms with Crippen molar-refractivity contribution in [3.05, 3.63) is 85.4 Å². The minimum atomic E-state index is -0.569. The van der Waals surface area contributed by atoms with Crippen molar-refractivity contribution in [2.45, 2.75) is 38.8 Å². The highest BCUT2D eigenvalue weighted by atomic mass is 16.2. The molecule has 3 aromatic rings. The van der Waals surface area contributed by atoms with Crippen molar-refractivity contribution in [2.75, 3.05) is 0 Å². The van der Waals surface area contributed by atoms with Crippen LogP contribution in [-0.4, -0.2) is 30.6 Å². The largest absolute Gasteiger partial charge is 0.326 e. The van der Waals surface area contributed by atoms with Crippen LogP contribution in [0.25, 0.3) is 0 Å². The molecule has 150 valence electrons. The van der Waals surface area contributed by atoms with Gasteiger partial charge in [-0.1, -0.05) is 24.3 Å². The number of hydrogen-bond acceptors (Lipinski definition) is 4. The van der Waals surface area contributed by atoms with Crippen LogP contribution in [0.3, 0.4) is 0 Å². The number of nitrogens with one attached hydrogen (secondary N) is 2. The molecule has 1 aliphatic rings. The summed E-state index contributed by atoms with van der Waals surface area (Å²) in [5.41, 5.74) is 2.80. The smallest absolute Gasteiger partial charge is 0.325 e. The van der Waals surface area contributed by atoms with Crippen molar-refractivity contribution < 1.29 is 4.79 Å². The first-order chi connectivity index (χ1) is 13.9. The Morgan fingerprint density at radius 3 is 2.83 bits per heavy atom. The number of benzene rings is 1. The topological polar surface area (TPSA) is 104 Å². The second-order valence-electron chi connectivity index (χ2n) is 7.43. The van der Waals surface area contributed by atoms with Crippen molar-refractivity contribution in [2.24, 2.45) is 7.05 Å². The number of amides is 1. The fourth-order valence-electron chi connectivity index (χ4n) is 3.93. The first kappa shape index (κ1) is 18.9. The lowest BCUT2D eigenvalue weighted by Gasteiger charge is -2.35. The molecule has 0 spiro atoms. The third kappa shape index (κ3) is 3.65. The van der Waals surface area contributed by atoms with E-state index in [2.05, 4.69) is 21.1 Å². The van der Waals surface area contributed by atoms with Crippen molar-refractivity contribution in [1.82, 2.24) is 24.6 Å². The Hall–Kier alpha value is -3.42. The molecule has 8 heteroatoms. The summed E-state index contributed by atoms with van der Waals surface area (Å²) in [7, 11) is 1.79. The van der Waals surface area contributed by atoms with Gasteiger partial charge < -0.3 is 9.88 Å². The highest BCUT2D eigenvalue weighted by molar-refractivity contribution is 5.92. The fourth-order valence-corrected chi connectivity index (χ4v) is 3.93. The first-order valence-corrected chi connectivity index (χ1v) is 9.64. The van der Waals surface area contributed by atoms with Crippen LogP contribution in [0.4, 0.5) is 0 Å². The summed E-state index contributed by atoms with van der Waals surface area (Å²) in [6.45, 7) is 1.97. The Labute approximate surface area is 167 Å².